The maximum Gasteiger partial charge on any atom is 0.0881 e. The van der Waals surface area contributed by atoms with E-state index in [1.807, 2.05) is 24.4 Å². The van der Waals surface area contributed by atoms with Crippen LogP contribution in [0.25, 0.3) is 10.9 Å². The highest BCUT2D eigenvalue weighted by molar-refractivity contribution is 5.89. The van der Waals surface area contributed by atoms with Gasteiger partial charge in [0.2, 0.25) is 0 Å². The quantitative estimate of drug-likeness (QED) is 0.845. The van der Waals surface area contributed by atoms with Crippen molar-refractivity contribution in [3.63, 3.8) is 0 Å². The summed E-state index contributed by atoms with van der Waals surface area (Å²) in [6.07, 6.45) is 3.32. The summed E-state index contributed by atoms with van der Waals surface area (Å²) in [6.45, 7) is 5.18. The third-order valence-corrected chi connectivity index (χ3v) is 3.15. The molecule has 4 nitrogen and oxygen atoms in total. The van der Waals surface area contributed by atoms with Crippen molar-refractivity contribution in [2.24, 2.45) is 5.41 Å². The SMILES string of the molecule is CC(C)(CCC#N)CNc1cccc2cn[nH]c12. The molecule has 0 aliphatic carbocycles. The Kier molecular flexibility index (Phi) is 3.52. The van der Waals surface area contributed by atoms with Crippen LogP contribution in [0.2, 0.25) is 0 Å². The van der Waals surface area contributed by atoms with E-state index in [1.165, 1.54) is 0 Å². The Balaban J connectivity index is 2.06. The Morgan fingerprint density at radius 1 is 1.44 bits per heavy atom. The van der Waals surface area contributed by atoms with Crippen molar-refractivity contribution in [1.82, 2.24) is 10.2 Å². The first-order valence-electron chi connectivity index (χ1n) is 6.15. The average Bonchev–Trinajstić information content (AvgIpc) is 2.82. The van der Waals surface area contributed by atoms with Crippen molar-refractivity contribution >= 4 is 16.6 Å². The molecule has 18 heavy (non-hydrogen) atoms. The van der Waals surface area contributed by atoms with Crippen molar-refractivity contribution < 1.29 is 0 Å². The maximum absolute atomic E-state index is 8.64. The van der Waals surface area contributed by atoms with Crippen LogP contribution in [0.4, 0.5) is 5.69 Å². The molecule has 94 valence electrons. The third kappa shape index (κ3) is 2.80. The number of aromatic amines is 1. The number of anilines is 1. The van der Waals surface area contributed by atoms with E-state index in [1.54, 1.807) is 0 Å². The molecule has 0 amide bonds. The van der Waals surface area contributed by atoms with Crippen LogP contribution < -0.4 is 5.32 Å². The van der Waals surface area contributed by atoms with Gasteiger partial charge in [-0.3, -0.25) is 5.10 Å². The van der Waals surface area contributed by atoms with E-state index >= 15 is 0 Å². The van der Waals surface area contributed by atoms with Crippen molar-refractivity contribution in [3.8, 4) is 6.07 Å². The summed E-state index contributed by atoms with van der Waals surface area (Å²) in [4.78, 5) is 0. The summed E-state index contributed by atoms with van der Waals surface area (Å²) in [5.41, 5.74) is 2.21. The number of aromatic nitrogens is 2. The van der Waals surface area contributed by atoms with E-state index in [2.05, 4.69) is 35.4 Å². The Labute approximate surface area is 107 Å². The largest absolute Gasteiger partial charge is 0.383 e. The fraction of sp³-hybridized carbons (Fsp3) is 0.429. The highest BCUT2D eigenvalue weighted by Crippen LogP contribution is 2.25. The van der Waals surface area contributed by atoms with Gasteiger partial charge in [-0.1, -0.05) is 26.0 Å². The number of rotatable bonds is 5. The summed E-state index contributed by atoms with van der Waals surface area (Å²) < 4.78 is 0. The van der Waals surface area contributed by atoms with Gasteiger partial charge < -0.3 is 5.32 Å². The number of para-hydroxylation sites is 1. The van der Waals surface area contributed by atoms with Crippen LogP contribution in [0.1, 0.15) is 26.7 Å². The molecular weight excluding hydrogens is 224 g/mol. The highest BCUT2D eigenvalue weighted by atomic mass is 15.1. The van der Waals surface area contributed by atoms with Crippen LogP contribution in [-0.4, -0.2) is 16.7 Å². The first-order valence-corrected chi connectivity index (χ1v) is 6.15. The first-order chi connectivity index (χ1) is 8.62. The van der Waals surface area contributed by atoms with Crippen LogP contribution in [0.15, 0.2) is 24.4 Å². The lowest BCUT2D eigenvalue weighted by Gasteiger charge is -2.24. The minimum absolute atomic E-state index is 0.109. The van der Waals surface area contributed by atoms with Crippen molar-refractivity contribution in [2.45, 2.75) is 26.7 Å². The molecule has 0 atom stereocenters. The molecule has 0 radical (unpaired) electrons. The average molecular weight is 242 g/mol. The lowest BCUT2D eigenvalue weighted by molar-refractivity contribution is 0.364. The van der Waals surface area contributed by atoms with Crippen LogP contribution in [0.5, 0.6) is 0 Å². The fourth-order valence-corrected chi connectivity index (χ4v) is 1.93. The normalized spacial score (nSPS) is 11.4. The zero-order valence-electron chi connectivity index (χ0n) is 10.8. The second kappa shape index (κ2) is 5.09. The molecule has 2 N–H and O–H groups in total. The smallest absolute Gasteiger partial charge is 0.0881 e. The van der Waals surface area contributed by atoms with Crippen LogP contribution >= 0.6 is 0 Å². The maximum atomic E-state index is 8.64. The van der Waals surface area contributed by atoms with Gasteiger partial charge in [-0.15, -0.1) is 0 Å². The molecule has 2 rings (SSSR count). The Bertz CT molecular complexity index is 562. The van der Waals surface area contributed by atoms with E-state index in [9.17, 15) is 0 Å². The number of H-pyrrole nitrogens is 1. The molecule has 0 unspecified atom stereocenters. The topological polar surface area (TPSA) is 64.5 Å². The van der Waals surface area contributed by atoms with E-state index < -0.39 is 0 Å². The number of fused-ring (bicyclic) bond motifs is 1. The Hall–Kier alpha value is -2.02. The number of nitrogens with zero attached hydrogens (tertiary/aromatic N) is 2. The van der Waals surface area contributed by atoms with Crippen LogP contribution in [0.3, 0.4) is 0 Å². The molecule has 1 aromatic heterocycles. The number of hydrogen-bond acceptors (Lipinski definition) is 3. The van der Waals surface area contributed by atoms with Gasteiger partial charge in [-0.2, -0.15) is 10.4 Å². The van der Waals surface area contributed by atoms with Crippen LogP contribution in [-0.2, 0) is 0 Å². The fourth-order valence-electron chi connectivity index (χ4n) is 1.93. The van der Waals surface area contributed by atoms with E-state index in [0.717, 1.165) is 29.6 Å². The standard InChI is InChI=1S/C14H18N4/c1-14(2,7-4-8-15)10-16-12-6-3-5-11-9-17-18-13(11)12/h3,5-6,9,16H,4,7,10H2,1-2H3,(H,17,18). The zero-order valence-corrected chi connectivity index (χ0v) is 10.8. The molecule has 4 heteroatoms. The van der Waals surface area contributed by atoms with Gasteiger partial charge >= 0.3 is 0 Å². The molecule has 0 bridgehead atoms. The molecule has 1 heterocycles. The monoisotopic (exact) mass is 242 g/mol. The summed E-state index contributed by atoms with van der Waals surface area (Å²) in [7, 11) is 0. The minimum atomic E-state index is 0.109. The zero-order chi connectivity index (χ0) is 13.0. The summed E-state index contributed by atoms with van der Waals surface area (Å²) in [6, 6.07) is 8.29. The number of nitrogens with one attached hydrogen (secondary N) is 2. The van der Waals surface area contributed by atoms with Gasteiger partial charge in [-0.05, 0) is 17.9 Å². The molecule has 0 saturated heterocycles. The van der Waals surface area contributed by atoms with Gasteiger partial charge in [0.25, 0.3) is 0 Å². The summed E-state index contributed by atoms with van der Waals surface area (Å²) in [5, 5.41) is 20.2. The second-order valence-corrected chi connectivity index (χ2v) is 5.32. The first kappa shape index (κ1) is 12.4. The Morgan fingerprint density at radius 2 is 2.28 bits per heavy atom. The van der Waals surface area contributed by atoms with E-state index in [-0.39, 0.29) is 5.41 Å². The van der Waals surface area contributed by atoms with E-state index in [0.29, 0.717) is 6.42 Å². The number of hydrogen-bond donors (Lipinski definition) is 2. The second-order valence-electron chi connectivity index (χ2n) is 5.32. The molecule has 1 aromatic carbocycles. The lowest BCUT2D eigenvalue weighted by Crippen LogP contribution is -2.23. The molecule has 0 fully saturated rings. The minimum Gasteiger partial charge on any atom is -0.383 e. The van der Waals surface area contributed by atoms with Gasteiger partial charge in [0.15, 0.2) is 0 Å². The number of nitriles is 1. The van der Waals surface area contributed by atoms with Crippen LogP contribution in [0, 0.1) is 16.7 Å². The molecule has 2 aromatic rings. The predicted molar refractivity (Wildman–Crippen MR) is 73.2 cm³/mol. The van der Waals surface area contributed by atoms with Crippen molar-refractivity contribution in [3.05, 3.63) is 24.4 Å². The molecule has 0 aliphatic rings. The molecular formula is C14H18N4. The third-order valence-electron chi connectivity index (χ3n) is 3.15. The van der Waals surface area contributed by atoms with Gasteiger partial charge in [0.05, 0.1) is 23.5 Å². The van der Waals surface area contributed by atoms with E-state index in [4.69, 9.17) is 5.26 Å². The lowest BCUT2D eigenvalue weighted by atomic mass is 9.88. The molecule has 0 aliphatic heterocycles. The van der Waals surface area contributed by atoms with Crippen molar-refractivity contribution in [2.75, 3.05) is 11.9 Å². The predicted octanol–water partition coefficient (Wildman–Crippen LogP) is 3.30. The number of benzene rings is 1. The summed E-state index contributed by atoms with van der Waals surface area (Å²) in [5.74, 6) is 0. The molecule has 0 saturated carbocycles. The highest BCUT2D eigenvalue weighted by Gasteiger charge is 2.17. The summed E-state index contributed by atoms with van der Waals surface area (Å²) >= 11 is 0. The Morgan fingerprint density at radius 3 is 3.06 bits per heavy atom. The van der Waals surface area contributed by atoms with Gasteiger partial charge in [0.1, 0.15) is 0 Å². The van der Waals surface area contributed by atoms with Crippen molar-refractivity contribution in [1.29, 1.82) is 5.26 Å². The molecule has 0 spiro atoms. The van der Waals surface area contributed by atoms with Gasteiger partial charge in [0, 0.05) is 18.4 Å². The van der Waals surface area contributed by atoms with Gasteiger partial charge in [-0.25, -0.2) is 0 Å².